The van der Waals surface area contributed by atoms with E-state index in [9.17, 15) is 4.79 Å². The number of nitrogens with one attached hydrogen (secondary N) is 2. The molecule has 2 rings (SSSR count). The fourth-order valence-electron chi connectivity index (χ4n) is 1.76. The van der Waals surface area contributed by atoms with Gasteiger partial charge >= 0.3 is 6.03 Å². The zero-order valence-corrected chi connectivity index (χ0v) is 11.8. The molecule has 0 radical (unpaired) electrons. The summed E-state index contributed by atoms with van der Waals surface area (Å²) in [5, 5.41) is 5.55. The van der Waals surface area contributed by atoms with Gasteiger partial charge in [-0.1, -0.05) is 35.6 Å². The summed E-state index contributed by atoms with van der Waals surface area (Å²) in [6.07, 6.45) is 0. The Bertz CT molecular complexity index is 681. The molecule has 0 aliphatic rings. The molecule has 4 nitrogen and oxygen atoms in total. The Morgan fingerprint density at radius 2 is 1.81 bits per heavy atom. The Morgan fingerprint density at radius 3 is 2.52 bits per heavy atom. The molecule has 0 bridgehead atoms. The summed E-state index contributed by atoms with van der Waals surface area (Å²) in [6.45, 7) is 2.31. The highest BCUT2D eigenvalue weighted by Crippen LogP contribution is 2.12. The number of hydrogen-bond acceptors (Lipinski definition) is 2. The standard InChI is InChI=1S/C17H17N3O/c1-13-7-9-15(10-8-13)19-17(21)20-16-6-2-4-14(12-16)5-3-11-18/h2,4,6-10,12H,11,18H2,1H3,(H2,19,20,21). The van der Waals surface area contributed by atoms with Crippen molar-refractivity contribution in [3.05, 3.63) is 59.7 Å². The predicted octanol–water partition coefficient (Wildman–Crippen LogP) is 2.95. The number of urea groups is 1. The predicted molar refractivity (Wildman–Crippen MR) is 86.2 cm³/mol. The summed E-state index contributed by atoms with van der Waals surface area (Å²) in [7, 11) is 0. The van der Waals surface area contributed by atoms with Crippen LogP contribution in [0.5, 0.6) is 0 Å². The zero-order chi connectivity index (χ0) is 15.1. The molecule has 0 unspecified atom stereocenters. The molecule has 0 aromatic heterocycles. The highest BCUT2D eigenvalue weighted by atomic mass is 16.2. The summed E-state index contributed by atoms with van der Waals surface area (Å²) in [5.74, 6) is 5.71. The van der Waals surface area contributed by atoms with E-state index in [-0.39, 0.29) is 6.03 Å². The molecule has 0 spiro atoms. The summed E-state index contributed by atoms with van der Waals surface area (Å²) in [4.78, 5) is 11.9. The van der Waals surface area contributed by atoms with Gasteiger partial charge in [0.05, 0.1) is 6.54 Å². The maximum Gasteiger partial charge on any atom is 0.323 e. The van der Waals surface area contributed by atoms with Crippen LogP contribution in [-0.4, -0.2) is 12.6 Å². The van der Waals surface area contributed by atoms with Crippen LogP contribution in [0.4, 0.5) is 16.2 Å². The maximum atomic E-state index is 11.9. The number of anilines is 2. The van der Waals surface area contributed by atoms with Crippen LogP contribution in [0.25, 0.3) is 0 Å². The third-order valence-electron chi connectivity index (χ3n) is 2.76. The third kappa shape index (κ3) is 4.68. The first-order valence-electron chi connectivity index (χ1n) is 6.61. The van der Waals surface area contributed by atoms with E-state index < -0.39 is 0 Å². The molecule has 0 fully saturated rings. The van der Waals surface area contributed by atoms with Gasteiger partial charge in [0.2, 0.25) is 0 Å². The minimum Gasteiger partial charge on any atom is -0.320 e. The van der Waals surface area contributed by atoms with Crippen LogP contribution < -0.4 is 16.4 Å². The Kier molecular flexibility index (Phi) is 4.97. The largest absolute Gasteiger partial charge is 0.323 e. The summed E-state index contributed by atoms with van der Waals surface area (Å²) in [5.41, 5.74) is 8.73. The fourth-order valence-corrected chi connectivity index (χ4v) is 1.76. The van der Waals surface area contributed by atoms with E-state index in [1.807, 2.05) is 49.4 Å². The van der Waals surface area contributed by atoms with Crippen LogP contribution in [-0.2, 0) is 0 Å². The first-order valence-corrected chi connectivity index (χ1v) is 6.61. The lowest BCUT2D eigenvalue weighted by atomic mass is 10.2. The molecular weight excluding hydrogens is 262 g/mol. The molecule has 2 aromatic carbocycles. The summed E-state index contributed by atoms with van der Waals surface area (Å²) < 4.78 is 0. The lowest BCUT2D eigenvalue weighted by Gasteiger charge is -2.08. The van der Waals surface area contributed by atoms with Crippen LogP contribution in [0.15, 0.2) is 48.5 Å². The van der Waals surface area contributed by atoms with Crippen LogP contribution in [0, 0.1) is 18.8 Å². The highest BCUT2D eigenvalue weighted by molar-refractivity contribution is 5.99. The van der Waals surface area contributed by atoms with E-state index >= 15 is 0 Å². The zero-order valence-electron chi connectivity index (χ0n) is 11.8. The van der Waals surface area contributed by atoms with Gasteiger partial charge in [0.25, 0.3) is 0 Å². The van der Waals surface area contributed by atoms with E-state index in [1.165, 1.54) is 0 Å². The van der Waals surface area contributed by atoms with E-state index in [0.717, 1.165) is 16.8 Å². The number of aryl methyl sites for hydroxylation is 1. The van der Waals surface area contributed by atoms with Gasteiger partial charge in [-0.2, -0.15) is 0 Å². The van der Waals surface area contributed by atoms with E-state index in [0.29, 0.717) is 12.2 Å². The van der Waals surface area contributed by atoms with Crippen molar-refractivity contribution in [2.45, 2.75) is 6.92 Å². The summed E-state index contributed by atoms with van der Waals surface area (Å²) >= 11 is 0. The smallest absolute Gasteiger partial charge is 0.320 e. The van der Waals surface area contributed by atoms with Crippen molar-refractivity contribution in [3.63, 3.8) is 0 Å². The Balaban J connectivity index is 2.00. The minimum atomic E-state index is -0.289. The normalized spacial score (nSPS) is 9.43. The Labute approximate surface area is 124 Å². The van der Waals surface area contributed by atoms with E-state index in [1.54, 1.807) is 6.07 Å². The second-order valence-electron chi connectivity index (χ2n) is 4.53. The lowest BCUT2D eigenvalue weighted by molar-refractivity contribution is 0.262. The molecule has 4 heteroatoms. The average Bonchev–Trinajstić information content (AvgIpc) is 2.48. The van der Waals surface area contributed by atoms with Crippen LogP contribution in [0.2, 0.25) is 0 Å². The van der Waals surface area contributed by atoms with Gasteiger partial charge in [-0.15, -0.1) is 0 Å². The molecule has 106 valence electrons. The molecule has 0 aliphatic carbocycles. The number of amides is 2. The van der Waals surface area contributed by atoms with Crippen molar-refractivity contribution < 1.29 is 4.79 Å². The first-order chi connectivity index (χ1) is 10.2. The quantitative estimate of drug-likeness (QED) is 0.740. The Morgan fingerprint density at radius 1 is 1.10 bits per heavy atom. The van der Waals surface area contributed by atoms with Crippen molar-refractivity contribution in [1.82, 2.24) is 0 Å². The van der Waals surface area contributed by atoms with Crippen molar-refractivity contribution in [1.29, 1.82) is 0 Å². The van der Waals surface area contributed by atoms with E-state index in [2.05, 4.69) is 22.5 Å². The topological polar surface area (TPSA) is 67.2 Å². The molecule has 0 heterocycles. The molecule has 2 amide bonds. The van der Waals surface area contributed by atoms with Gasteiger partial charge < -0.3 is 16.4 Å². The van der Waals surface area contributed by atoms with Gasteiger partial charge in [-0.3, -0.25) is 0 Å². The number of rotatable bonds is 2. The lowest BCUT2D eigenvalue weighted by Crippen LogP contribution is -2.19. The second-order valence-corrected chi connectivity index (χ2v) is 4.53. The van der Waals surface area contributed by atoms with Gasteiger partial charge in [0.15, 0.2) is 0 Å². The molecule has 0 aliphatic heterocycles. The number of benzene rings is 2. The third-order valence-corrected chi connectivity index (χ3v) is 2.76. The molecular formula is C17H17N3O. The van der Waals surface area contributed by atoms with Crippen molar-refractivity contribution in [3.8, 4) is 11.8 Å². The van der Waals surface area contributed by atoms with Crippen LogP contribution >= 0.6 is 0 Å². The van der Waals surface area contributed by atoms with Crippen LogP contribution in [0.1, 0.15) is 11.1 Å². The SMILES string of the molecule is Cc1ccc(NC(=O)Nc2cccc(C#CCN)c2)cc1. The molecule has 0 saturated heterocycles. The van der Waals surface area contributed by atoms with Gasteiger partial charge in [0.1, 0.15) is 0 Å². The monoisotopic (exact) mass is 279 g/mol. The number of carbonyl (C=O) groups is 1. The Hall–Kier alpha value is -2.77. The minimum absolute atomic E-state index is 0.289. The molecule has 21 heavy (non-hydrogen) atoms. The number of nitrogens with two attached hydrogens (primary N) is 1. The van der Waals surface area contributed by atoms with Crippen molar-refractivity contribution in [2.75, 3.05) is 17.2 Å². The molecule has 4 N–H and O–H groups in total. The number of hydrogen-bond donors (Lipinski definition) is 3. The van der Waals surface area contributed by atoms with Crippen molar-refractivity contribution >= 4 is 17.4 Å². The fraction of sp³-hybridized carbons (Fsp3) is 0.118. The molecule has 0 saturated carbocycles. The molecule has 2 aromatic rings. The average molecular weight is 279 g/mol. The first kappa shape index (κ1) is 14.6. The second kappa shape index (κ2) is 7.13. The maximum absolute atomic E-state index is 11.9. The number of carbonyl (C=O) groups excluding carboxylic acids is 1. The van der Waals surface area contributed by atoms with Gasteiger partial charge in [-0.05, 0) is 37.3 Å². The summed E-state index contributed by atoms with van der Waals surface area (Å²) in [6, 6.07) is 14.6. The van der Waals surface area contributed by atoms with Gasteiger partial charge in [0, 0.05) is 16.9 Å². The van der Waals surface area contributed by atoms with Crippen molar-refractivity contribution in [2.24, 2.45) is 5.73 Å². The van der Waals surface area contributed by atoms with Crippen LogP contribution in [0.3, 0.4) is 0 Å². The van der Waals surface area contributed by atoms with E-state index in [4.69, 9.17) is 5.73 Å². The van der Waals surface area contributed by atoms with Gasteiger partial charge in [-0.25, -0.2) is 4.79 Å². The molecule has 0 atom stereocenters. The highest BCUT2D eigenvalue weighted by Gasteiger charge is 2.02.